The Morgan fingerprint density at radius 2 is 2.00 bits per heavy atom. The molecule has 4 rings (SSSR count). The summed E-state index contributed by atoms with van der Waals surface area (Å²) < 4.78 is 24.9. The third-order valence-corrected chi connectivity index (χ3v) is 7.83. The summed E-state index contributed by atoms with van der Waals surface area (Å²) in [5.41, 5.74) is 0.874. The summed E-state index contributed by atoms with van der Waals surface area (Å²) in [6, 6.07) is 12.3. The van der Waals surface area contributed by atoms with Gasteiger partial charge in [0.1, 0.15) is 11.6 Å². The molecule has 0 N–H and O–H groups in total. The predicted octanol–water partition coefficient (Wildman–Crippen LogP) is 5.07. The first-order chi connectivity index (χ1) is 16.6. The van der Waals surface area contributed by atoms with Crippen LogP contribution in [-0.4, -0.2) is 68.0 Å². The maximum atomic E-state index is 13.3. The first kappa shape index (κ1) is 24.9. The molecule has 2 heterocycles. The van der Waals surface area contributed by atoms with Crippen LogP contribution in [0.5, 0.6) is 5.75 Å². The molecule has 0 bridgehead atoms. The van der Waals surface area contributed by atoms with Gasteiger partial charge in [-0.2, -0.15) is 0 Å². The Morgan fingerprint density at radius 1 is 1.21 bits per heavy atom. The van der Waals surface area contributed by atoms with Crippen LogP contribution in [0.2, 0.25) is 0 Å². The number of anilines is 1. The Bertz CT molecular complexity index is 1070. The van der Waals surface area contributed by atoms with Gasteiger partial charge in [0.05, 0.1) is 30.5 Å². The zero-order valence-electron chi connectivity index (χ0n) is 19.4. The molecule has 9 heteroatoms. The van der Waals surface area contributed by atoms with Crippen LogP contribution in [0.15, 0.2) is 47.4 Å². The van der Waals surface area contributed by atoms with Crippen LogP contribution in [0.3, 0.4) is 0 Å². The minimum Gasteiger partial charge on any atom is -0.497 e. The Kier molecular flexibility index (Phi) is 9.15. The van der Waals surface area contributed by atoms with Gasteiger partial charge in [-0.3, -0.25) is 14.6 Å². The number of thiazole rings is 1. The van der Waals surface area contributed by atoms with Gasteiger partial charge in [0.25, 0.3) is 0 Å². The smallest absolute Gasteiger partial charge is 0.228 e. The molecule has 1 aromatic heterocycles. The third-order valence-electron chi connectivity index (χ3n) is 5.69. The molecule has 3 aromatic rings. The van der Waals surface area contributed by atoms with Crippen molar-refractivity contribution in [2.75, 3.05) is 57.2 Å². The standard InChI is InChI=1S/C25H30FN3O3S2/c1-31-20-7-10-22-23(18-20)34-25(27-22)29(12-3-11-28-13-15-32-16-14-28)24(30)4-2-17-33-21-8-5-19(26)6-9-21/h5-10,18H,2-4,11-17H2,1H3. The molecule has 0 radical (unpaired) electrons. The van der Waals surface area contributed by atoms with Gasteiger partial charge in [0.15, 0.2) is 5.13 Å². The summed E-state index contributed by atoms with van der Waals surface area (Å²) in [4.78, 5) is 23.3. The number of amides is 1. The average molecular weight is 504 g/mol. The predicted molar refractivity (Wildman–Crippen MR) is 137 cm³/mol. The van der Waals surface area contributed by atoms with Crippen LogP contribution in [0.25, 0.3) is 10.2 Å². The zero-order chi connectivity index (χ0) is 23.8. The Labute approximate surface area is 208 Å². The lowest BCUT2D eigenvalue weighted by Crippen LogP contribution is -2.39. The fourth-order valence-corrected chi connectivity index (χ4v) is 5.71. The average Bonchev–Trinajstić information content (AvgIpc) is 3.29. The second-order valence-corrected chi connectivity index (χ2v) is 10.3. The molecule has 1 fully saturated rings. The molecule has 2 aromatic carbocycles. The fraction of sp³-hybridized carbons (Fsp3) is 0.440. The van der Waals surface area contributed by atoms with Gasteiger partial charge >= 0.3 is 0 Å². The number of ether oxygens (including phenoxy) is 2. The lowest BCUT2D eigenvalue weighted by molar-refractivity contribution is -0.118. The van der Waals surface area contributed by atoms with E-state index in [1.54, 1.807) is 31.0 Å². The Balaban J connectivity index is 1.38. The summed E-state index contributed by atoms with van der Waals surface area (Å²) in [6.45, 7) is 5.00. The second-order valence-electron chi connectivity index (χ2n) is 8.09. The van der Waals surface area contributed by atoms with Gasteiger partial charge < -0.3 is 9.47 Å². The van der Waals surface area contributed by atoms with E-state index in [4.69, 9.17) is 14.5 Å². The molecule has 1 amide bonds. The molecule has 0 unspecified atom stereocenters. The molecule has 1 aliphatic heterocycles. The normalized spacial score (nSPS) is 14.4. The van der Waals surface area contributed by atoms with E-state index in [9.17, 15) is 9.18 Å². The molecule has 6 nitrogen and oxygen atoms in total. The summed E-state index contributed by atoms with van der Waals surface area (Å²) in [5.74, 6) is 1.44. The van der Waals surface area contributed by atoms with Crippen molar-refractivity contribution in [1.82, 2.24) is 9.88 Å². The monoisotopic (exact) mass is 503 g/mol. The summed E-state index contributed by atoms with van der Waals surface area (Å²) in [5, 5.41) is 0.737. The molecule has 0 atom stereocenters. The van der Waals surface area contributed by atoms with Crippen molar-refractivity contribution in [3.05, 3.63) is 48.3 Å². The Morgan fingerprint density at radius 3 is 2.76 bits per heavy atom. The quantitative estimate of drug-likeness (QED) is 0.269. The SMILES string of the molecule is COc1ccc2nc(N(CCCN3CCOCC3)C(=O)CCCSc3ccc(F)cc3)sc2c1. The number of hydrogen-bond donors (Lipinski definition) is 0. The van der Waals surface area contributed by atoms with Gasteiger partial charge in [0, 0.05) is 37.5 Å². The minimum absolute atomic E-state index is 0.0905. The van der Waals surface area contributed by atoms with Crippen LogP contribution in [0, 0.1) is 5.82 Å². The van der Waals surface area contributed by atoms with Gasteiger partial charge in [-0.05, 0) is 61.1 Å². The lowest BCUT2D eigenvalue weighted by Gasteiger charge is -2.27. The van der Waals surface area contributed by atoms with Crippen LogP contribution in [0.4, 0.5) is 9.52 Å². The number of morpholine rings is 1. The number of thioether (sulfide) groups is 1. The highest BCUT2D eigenvalue weighted by molar-refractivity contribution is 7.99. The maximum Gasteiger partial charge on any atom is 0.228 e. The maximum absolute atomic E-state index is 13.3. The number of fused-ring (bicyclic) bond motifs is 1. The molecule has 0 aliphatic carbocycles. The highest BCUT2D eigenvalue weighted by Crippen LogP contribution is 2.32. The lowest BCUT2D eigenvalue weighted by atomic mass is 10.2. The van der Waals surface area contributed by atoms with Crippen LogP contribution in [-0.2, 0) is 9.53 Å². The van der Waals surface area contributed by atoms with E-state index in [2.05, 4.69) is 4.90 Å². The van der Waals surface area contributed by atoms with Crippen molar-refractivity contribution in [2.24, 2.45) is 0 Å². The summed E-state index contributed by atoms with van der Waals surface area (Å²) >= 11 is 3.17. The zero-order valence-corrected chi connectivity index (χ0v) is 21.0. The molecule has 0 saturated carbocycles. The molecule has 1 saturated heterocycles. The van der Waals surface area contributed by atoms with Crippen LogP contribution in [0.1, 0.15) is 19.3 Å². The number of carbonyl (C=O) groups is 1. The number of hydrogen-bond acceptors (Lipinski definition) is 7. The van der Waals surface area contributed by atoms with Crippen molar-refractivity contribution < 1.29 is 18.7 Å². The van der Waals surface area contributed by atoms with E-state index in [0.29, 0.717) is 13.0 Å². The summed E-state index contributed by atoms with van der Waals surface area (Å²) in [7, 11) is 1.65. The highest BCUT2D eigenvalue weighted by Gasteiger charge is 2.20. The van der Waals surface area contributed by atoms with Crippen molar-refractivity contribution in [3.63, 3.8) is 0 Å². The van der Waals surface area contributed by atoms with E-state index in [1.165, 1.54) is 23.5 Å². The van der Waals surface area contributed by atoms with Crippen molar-refractivity contribution >= 4 is 44.4 Å². The number of nitrogens with zero attached hydrogens (tertiary/aromatic N) is 3. The summed E-state index contributed by atoms with van der Waals surface area (Å²) in [6.07, 6.45) is 2.08. The van der Waals surface area contributed by atoms with E-state index < -0.39 is 0 Å². The van der Waals surface area contributed by atoms with Gasteiger partial charge in [-0.1, -0.05) is 11.3 Å². The van der Waals surface area contributed by atoms with Crippen molar-refractivity contribution in [2.45, 2.75) is 24.2 Å². The number of benzene rings is 2. The first-order valence-electron chi connectivity index (χ1n) is 11.6. The fourth-order valence-electron chi connectivity index (χ4n) is 3.82. The minimum atomic E-state index is -0.235. The molecule has 34 heavy (non-hydrogen) atoms. The topological polar surface area (TPSA) is 54.9 Å². The van der Waals surface area contributed by atoms with Gasteiger partial charge in [-0.25, -0.2) is 9.37 Å². The van der Waals surface area contributed by atoms with E-state index in [-0.39, 0.29) is 11.7 Å². The number of aromatic nitrogens is 1. The molecular formula is C25H30FN3O3S2. The van der Waals surface area contributed by atoms with Crippen LogP contribution >= 0.6 is 23.1 Å². The van der Waals surface area contributed by atoms with E-state index in [1.807, 2.05) is 23.1 Å². The number of halogens is 1. The molecule has 182 valence electrons. The number of carbonyl (C=O) groups excluding carboxylic acids is 1. The number of methoxy groups -OCH3 is 1. The largest absolute Gasteiger partial charge is 0.497 e. The van der Waals surface area contributed by atoms with E-state index >= 15 is 0 Å². The molecule has 1 aliphatic rings. The Hall–Kier alpha value is -2.20. The van der Waals surface area contributed by atoms with Gasteiger partial charge in [0.2, 0.25) is 5.91 Å². The van der Waals surface area contributed by atoms with E-state index in [0.717, 1.165) is 77.4 Å². The number of rotatable bonds is 11. The third kappa shape index (κ3) is 6.91. The first-order valence-corrected chi connectivity index (χ1v) is 13.4. The molecular weight excluding hydrogens is 473 g/mol. The van der Waals surface area contributed by atoms with Crippen molar-refractivity contribution in [1.29, 1.82) is 0 Å². The van der Waals surface area contributed by atoms with Gasteiger partial charge in [-0.15, -0.1) is 11.8 Å². The van der Waals surface area contributed by atoms with Crippen LogP contribution < -0.4 is 9.64 Å². The van der Waals surface area contributed by atoms with Crippen molar-refractivity contribution in [3.8, 4) is 5.75 Å². The highest BCUT2D eigenvalue weighted by atomic mass is 32.2. The molecule has 0 spiro atoms. The second kappa shape index (κ2) is 12.5.